The maximum Gasteiger partial charge on any atom is 0.335 e. The number of hydrogen-bond donors (Lipinski definition) is 2. The molecule has 122 valence electrons. The molecule has 0 radical (unpaired) electrons. The van der Waals surface area contributed by atoms with Crippen LogP contribution in [0.3, 0.4) is 0 Å². The lowest BCUT2D eigenvalue weighted by atomic mass is 10.2. The number of thioether (sulfide) groups is 1. The van der Waals surface area contributed by atoms with Gasteiger partial charge in [-0.1, -0.05) is 23.9 Å². The average Bonchev–Trinajstić information content (AvgIpc) is 2.98. The number of benzene rings is 2. The molecular formula is C17H14N2O4S. The van der Waals surface area contributed by atoms with E-state index in [1.165, 1.54) is 23.9 Å². The summed E-state index contributed by atoms with van der Waals surface area (Å²) in [5.74, 6) is -0.615. The van der Waals surface area contributed by atoms with Crippen LogP contribution in [0.2, 0.25) is 0 Å². The molecular weight excluding hydrogens is 328 g/mol. The fraction of sp³-hybridized carbons (Fsp3) is 0.118. The van der Waals surface area contributed by atoms with Crippen molar-refractivity contribution in [2.75, 3.05) is 11.1 Å². The van der Waals surface area contributed by atoms with Crippen molar-refractivity contribution >= 4 is 40.4 Å². The monoisotopic (exact) mass is 342 g/mol. The number of hydrogen-bond acceptors (Lipinski definition) is 5. The molecule has 2 N–H and O–H groups in total. The van der Waals surface area contributed by atoms with E-state index >= 15 is 0 Å². The number of aromatic carboxylic acids is 1. The summed E-state index contributed by atoms with van der Waals surface area (Å²) in [6.07, 6.45) is 0.296. The number of oxazole rings is 1. The summed E-state index contributed by atoms with van der Waals surface area (Å²) >= 11 is 1.38. The van der Waals surface area contributed by atoms with E-state index < -0.39 is 5.97 Å². The zero-order chi connectivity index (χ0) is 16.9. The molecule has 2 aromatic carbocycles. The van der Waals surface area contributed by atoms with Crippen LogP contribution in [0, 0.1) is 0 Å². The SMILES string of the molecule is O=C(CCSc1nc2ccccc2o1)Nc1ccc(C(=O)O)cc1. The molecule has 3 aromatic rings. The summed E-state index contributed by atoms with van der Waals surface area (Å²) in [5.41, 5.74) is 2.27. The summed E-state index contributed by atoms with van der Waals surface area (Å²) in [4.78, 5) is 27.0. The van der Waals surface area contributed by atoms with Gasteiger partial charge in [-0.05, 0) is 36.4 Å². The second-order valence-electron chi connectivity index (χ2n) is 4.98. The zero-order valence-corrected chi connectivity index (χ0v) is 13.4. The Morgan fingerprint density at radius 3 is 2.58 bits per heavy atom. The first kappa shape index (κ1) is 16.1. The van der Waals surface area contributed by atoms with E-state index in [0.717, 1.165) is 11.1 Å². The van der Waals surface area contributed by atoms with E-state index in [-0.39, 0.29) is 11.5 Å². The Morgan fingerprint density at radius 1 is 1.12 bits per heavy atom. The van der Waals surface area contributed by atoms with E-state index in [9.17, 15) is 9.59 Å². The van der Waals surface area contributed by atoms with Crippen molar-refractivity contribution in [2.45, 2.75) is 11.6 Å². The van der Waals surface area contributed by atoms with Crippen LogP contribution < -0.4 is 5.32 Å². The van der Waals surface area contributed by atoms with E-state index in [1.54, 1.807) is 12.1 Å². The molecule has 0 aliphatic carbocycles. The van der Waals surface area contributed by atoms with Crippen LogP contribution in [-0.2, 0) is 4.79 Å². The summed E-state index contributed by atoms with van der Waals surface area (Å²) in [6, 6.07) is 13.5. The number of carbonyl (C=O) groups is 2. The Balaban J connectivity index is 1.49. The standard InChI is InChI=1S/C17H14N2O4S/c20-15(18-12-7-5-11(6-8-12)16(21)22)9-10-24-17-19-13-3-1-2-4-14(13)23-17/h1-8H,9-10H2,(H,18,20)(H,21,22). The van der Waals surface area contributed by atoms with Crippen molar-refractivity contribution in [1.82, 2.24) is 4.98 Å². The number of nitrogens with zero attached hydrogens (tertiary/aromatic N) is 1. The van der Waals surface area contributed by atoms with E-state index in [4.69, 9.17) is 9.52 Å². The van der Waals surface area contributed by atoms with Crippen molar-refractivity contribution in [3.8, 4) is 0 Å². The average molecular weight is 342 g/mol. The quantitative estimate of drug-likeness (QED) is 0.664. The molecule has 0 unspecified atom stereocenters. The molecule has 1 aromatic heterocycles. The van der Waals surface area contributed by atoms with Crippen LogP contribution in [0.4, 0.5) is 5.69 Å². The molecule has 24 heavy (non-hydrogen) atoms. The second-order valence-corrected chi connectivity index (χ2v) is 6.02. The Hall–Kier alpha value is -2.80. The lowest BCUT2D eigenvalue weighted by Crippen LogP contribution is -2.12. The molecule has 0 atom stereocenters. The zero-order valence-electron chi connectivity index (χ0n) is 12.6. The third kappa shape index (κ3) is 3.94. The van der Waals surface area contributed by atoms with Gasteiger partial charge in [-0.15, -0.1) is 0 Å². The summed E-state index contributed by atoms with van der Waals surface area (Å²) in [6.45, 7) is 0. The fourth-order valence-electron chi connectivity index (χ4n) is 2.06. The van der Waals surface area contributed by atoms with E-state index in [2.05, 4.69) is 10.3 Å². The number of carboxylic acids is 1. The first-order valence-electron chi connectivity index (χ1n) is 7.23. The molecule has 0 saturated carbocycles. The first-order chi connectivity index (χ1) is 11.6. The van der Waals surface area contributed by atoms with Crippen molar-refractivity contribution in [1.29, 1.82) is 0 Å². The minimum Gasteiger partial charge on any atom is -0.478 e. The highest BCUT2D eigenvalue weighted by Gasteiger charge is 2.08. The van der Waals surface area contributed by atoms with Gasteiger partial charge in [-0.2, -0.15) is 0 Å². The Labute approximate surface area is 141 Å². The van der Waals surface area contributed by atoms with Crippen molar-refractivity contribution in [2.24, 2.45) is 0 Å². The molecule has 0 bridgehead atoms. The number of nitrogens with one attached hydrogen (secondary N) is 1. The van der Waals surface area contributed by atoms with Gasteiger partial charge in [0.1, 0.15) is 5.52 Å². The van der Waals surface area contributed by atoms with Gasteiger partial charge in [-0.25, -0.2) is 9.78 Å². The van der Waals surface area contributed by atoms with Crippen molar-refractivity contribution < 1.29 is 19.1 Å². The molecule has 0 fully saturated rings. The molecule has 1 amide bonds. The highest BCUT2D eigenvalue weighted by molar-refractivity contribution is 7.99. The highest BCUT2D eigenvalue weighted by atomic mass is 32.2. The van der Waals surface area contributed by atoms with Crippen LogP contribution in [-0.4, -0.2) is 27.7 Å². The molecule has 0 spiro atoms. The molecule has 0 aliphatic rings. The molecule has 6 nitrogen and oxygen atoms in total. The van der Waals surface area contributed by atoms with Crippen molar-refractivity contribution in [3.63, 3.8) is 0 Å². The van der Waals surface area contributed by atoms with E-state index in [0.29, 0.717) is 23.1 Å². The second kappa shape index (κ2) is 7.18. The number of fused-ring (bicyclic) bond motifs is 1. The summed E-state index contributed by atoms with van der Waals surface area (Å²) in [7, 11) is 0. The Morgan fingerprint density at radius 2 is 1.88 bits per heavy atom. The molecule has 7 heteroatoms. The van der Waals surface area contributed by atoms with Gasteiger partial charge >= 0.3 is 5.97 Å². The predicted octanol–water partition coefficient (Wildman–Crippen LogP) is 3.65. The molecule has 0 saturated heterocycles. The highest BCUT2D eigenvalue weighted by Crippen LogP contribution is 2.23. The number of rotatable bonds is 6. The first-order valence-corrected chi connectivity index (χ1v) is 8.22. The molecule has 1 heterocycles. The number of anilines is 1. The lowest BCUT2D eigenvalue weighted by molar-refractivity contribution is -0.115. The Kier molecular flexibility index (Phi) is 4.81. The van der Waals surface area contributed by atoms with Crippen molar-refractivity contribution in [3.05, 3.63) is 54.1 Å². The van der Waals surface area contributed by atoms with Gasteiger partial charge in [0.25, 0.3) is 5.22 Å². The van der Waals surface area contributed by atoms with Crippen LogP contribution in [0.1, 0.15) is 16.8 Å². The largest absolute Gasteiger partial charge is 0.478 e. The third-order valence-electron chi connectivity index (χ3n) is 3.24. The maximum absolute atomic E-state index is 11.9. The van der Waals surface area contributed by atoms with Gasteiger partial charge in [0.05, 0.1) is 5.56 Å². The Bertz CT molecular complexity index is 841. The summed E-state index contributed by atoms with van der Waals surface area (Å²) in [5, 5.41) is 12.1. The normalized spacial score (nSPS) is 10.7. The van der Waals surface area contributed by atoms with Crippen LogP contribution in [0.5, 0.6) is 0 Å². The topological polar surface area (TPSA) is 92.4 Å². The van der Waals surface area contributed by atoms with Crippen LogP contribution in [0.15, 0.2) is 58.2 Å². The predicted molar refractivity (Wildman–Crippen MR) is 91.4 cm³/mol. The number of para-hydroxylation sites is 2. The number of carboxylic acid groups (broad SMARTS) is 1. The lowest BCUT2D eigenvalue weighted by Gasteiger charge is -2.04. The molecule has 0 aliphatic heterocycles. The smallest absolute Gasteiger partial charge is 0.335 e. The van der Waals surface area contributed by atoms with Gasteiger partial charge in [0.2, 0.25) is 5.91 Å². The summed E-state index contributed by atoms with van der Waals surface area (Å²) < 4.78 is 5.57. The number of aromatic nitrogens is 1. The number of amides is 1. The van der Waals surface area contributed by atoms with Crippen LogP contribution in [0.25, 0.3) is 11.1 Å². The van der Waals surface area contributed by atoms with Gasteiger partial charge in [0.15, 0.2) is 5.58 Å². The van der Waals surface area contributed by atoms with Gasteiger partial charge in [-0.3, -0.25) is 4.79 Å². The minimum atomic E-state index is -0.998. The van der Waals surface area contributed by atoms with Crippen LogP contribution >= 0.6 is 11.8 Å². The molecule has 3 rings (SSSR count). The maximum atomic E-state index is 11.9. The third-order valence-corrected chi connectivity index (χ3v) is 4.07. The fourth-order valence-corrected chi connectivity index (χ4v) is 2.84. The van der Waals surface area contributed by atoms with Gasteiger partial charge in [0, 0.05) is 17.9 Å². The van der Waals surface area contributed by atoms with E-state index in [1.807, 2.05) is 24.3 Å². The van der Waals surface area contributed by atoms with Gasteiger partial charge < -0.3 is 14.8 Å². The minimum absolute atomic E-state index is 0.151. The number of carbonyl (C=O) groups excluding carboxylic acids is 1.